The van der Waals surface area contributed by atoms with Crippen LogP contribution in [0.2, 0.25) is 0 Å². The summed E-state index contributed by atoms with van der Waals surface area (Å²) in [6.45, 7) is 1.95. The molecule has 0 radical (unpaired) electrons. The molecular weight excluding hydrogens is 334 g/mol. The molecule has 1 N–H and O–H groups in total. The summed E-state index contributed by atoms with van der Waals surface area (Å²) in [6.07, 6.45) is 0. The van der Waals surface area contributed by atoms with E-state index in [2.05, 4.69) is 27.3 Å². The summed E-state index contributed by atoms with van der Waals surface area (Å²) in [5.74, 6) is -0.0554. The van der Waals surface area contributed by atoms with Gasteiger partial charge in [0, 0.05) is 15.5 Å². The first-order valence-electron chi connectivity index (χ1n) is 6.17. The minimum atomic E-state index is -0.0554. The highest BCUT2D eigenvalue weighted by Gasteiger charge is 2.10. The minimum Gasteiger partial charge on any atom is -0.322 e. The minimum absolute atomic E-state index is 0.0554. The molecule has 0 bridgehead atoms. The zero-order chi connectivity index (χ0) is 14.1. The number of carbonyl (C=O) groups is 1. The number of fused-ring (bicyclic) bond motifs is 1. The number of aryl methyl sites for hydroxylation is 1. The molecule has 0 fully saturated rings. The van der Waals surface area contributed by atoms with E-state index in [-0.39, 0.29) is 5.91 Å². The molecule has 0 unspecified atom stereocenters. The van der Waals surface area contributed by atoms with Crippen LogP contribution in [-0.2, 0) is 0 Å². The monoisotopic (exact) mass is 345 g/mol. The third-order valence-electron chi connectivity index (χ3n) is 3.16. The van der Waals surface area contributed by atoms with Crippen molar-refractivity contribution in [3.8, 4) is 0 Å². The van der Waals surface area contributed by atoms with Gasteiger partial charge in [0.1, 0.15) is 0 Å². The summed E-state index contributed by atoms with van der Waals surface area (Å²) in [5, 5.41) is 9.05. The molecule has 0 aliphatic carbocycles. The van der Waals surface area contributed by atoms with Crippen molar-refractivity contribution in [3.63, 3.8) is 0 Å². The van der Waals surface area contributed by atoms with Gasteiger partial charge in [-0.1, -0.05) is 28.1 Å². The van der Waals surface area contributed by atoms with Crippen LogP contribution in [0.25, 0.3) is 10.8 Å². The fraction of sp³-hybridized carbons (Fsp3) is 0.0625. The summed E-state index contributed by atoms with van der Waals surface area (Å²) in [5.41, 5.74) is 2.57. The Bertz CT molecular complexity index is 794. The number of carbonyl (C=O) groups excluding carboxylic acids is 1. The lowest BCUT2D eigenvalue weighted by atomic mass is 10.1. The van der Waals surface area contributed by atoms with Gasteiger partial charge in [-0.2, -0.15) is 11.3 Å². The topological polar surface area (TPSA) is 29.1 Å². The number of halogens is 1. The summed E-state index contributed by atoms with van der Waals surface area (Å²) in [7, 11) is 0. The number of rotatable bonds is 2. The number of anilines is 1. The smallest absolute Gasteiger partial charge is 0.256 e. The van der Waals surface area contributed by atoms with E-state index in [0.717, 1.165) is 32.1 Å². The van der Waals surface area contributed by atoms with Gasteiger partial charge < -0.3 is 5.32 Å². The summed E-state index contributed by atoms with van der Waals surface area (Å²) in [4.78, 5) is 12.2. The second-order valence-electron chi connectivity index (χ2n) is 4.63. The molecule has 1 heterocycles. The molecule has 2 aromatic carbocycles. The molecule has 100 valence electrons. The lowest BCUT2D eigenvalue weighted by molar-refractivity contribution is 0.102. The van der Waals surface area contributed by atoms with Gasteiger partial charge in [-0.3, -0.25) is 4.79 Å². The predicted molar refractivity (Wildman–Crippen MR) is 88.7 cm³/mol. The molecule has 1 amide bonds. The normalized spacial score (nSPS) is 10.7. The molecule has 0 saturated heterocycles. The van der Waals surface area contributed by atoms with Crippen molar-refractivity contribution in [1.29, 1.82) is 0 Å². The average molecular weight is 346 g/mol. The molecule has 3 rings (SSSR count). The van der Waals surface area contributed by atoms with Crippen LogP contribution in [0.1, 0.15) is 15.9 Å². The highest BCUT2D eigenvalue weighted by molar-refractivity contribution is 9.10. The maximum Gasteiger partial charge on any atom is 0.256 e. The molecule has 0 spiro atoms. The first-order valence-corrected chi connectivity index (χ1v) is 7.90. The number of amides is 1. The van der Waals surface area contributed by atoms with Crippen molar-refractivity contribution in [2.75, 3.05) is 5.32 Å². The Labute approximate surface area is 129 Å². The van der Waals surface area contributed by atoms with Crippen molar-refractivity contribution in [2.24, 2.45) is 0 Å². The maximum atomic E-state index is 12.2. The van der Waals surface area contributed by atoms with Crippen LogP contribution in [-0.4, -0.2) is 5.91 Å². The van der Waals surface area contributed by atoms with Crippen LogP contribution in [0.5, 0.6) is 0 Å². The second-order valence-corrected chi connectivity index (χ2v) is 6.29. The molecule has 2 nitrogen and oxygen atoms in total. The van der Waals surface area contributed by atoms with Crippen molar-refractivity contribution in [3.05, 3.63) is 62.8 Å². The first-order chi connectivity index (χ1) is 9.63. The zero-order valence-electron chi connectivity index (χ0n) is 10.8. The number of thiophene rings is 1. The van der Waals surface area contributed by atoms with Crippen LogP contribution >= 0.6 is 27.3 Å². The van der Waals surface area contributed by atoms with E-state index in [0.29, 0.717) is 0 Å². The van der Waals surface area contributed by atoms with Crippen LogP contribution in [0, 0.1) is 6.92 Å². The van der Waals surface area contributed by atoms with Crippen LogP contribution in [0.3, 0.4) is 0 Å². The van der Waals surface area contributed by atoms with E-state index in [4.69, 9.17) is 0 Å². The van der Waals surface area contributed by atoms with E-state index in [1.54, 1.807) is 11.3 Å². The van der Waals surface area contributed by atoms with E-state index in [9.17, 15) is 4.79 Å². The first kappa shape index (κ1) is 13.3. The van der Waals surface area contributed by atoms with Crippen LogP contribution in [0.4, 0.5) is 5.69 Å². The van der Waals surface area contributed by atoms with Crippen molar-refractivity contribution in [1.82, 2.24) is 0 Å². The Kier molecular flexibility index (Phi) is 3.59. The van der Waals surface area contributed by atoms with Gasteiger partial charge in [-0.25, -0.2) is 0 Å². The zero-order valence-corrected chi connectivity index (χ0v) is 13.2. The fourth-order valence-electron chi connectivity index (χ4n) is 2.09. The summed E-state index contributed by atoms with van der Waals surface area (Å²) in [6, 6.07) is 12.0. The van der Waals surface area contributed by atoms with Gasteiger partial charge in [0.25, 0.3) is 5.91 Å². The standard InChI is InChI=1S/C16H12BrNOS/c1-10-8-20-9-15(10)16(19)18-14-5-3-11-6-13(17)4-2-12(11)7-14/h2-9H,1H3,(H,18,19). The lowest BCUT2D eigenvalue weighted by Gasteiger charge is -2.07. The summed E-state index contributed by atoms with van der Waals surface area (Å²) >= 11 is 5.00. The van der Waals surface area contributed by atoms with Crippen LogP contribution < -0.4 is 5.32 Å². The second kappa shape index (κ2) is 5.38. The Morgan fingerprint density at radius 3 is 2.60 bits per heavy atom. The van der Waals surface area contributed by atoms with Gasteiger partial charge in [0.05, 0.1) is 5.56 Å². The fourth-order valence-corrected chi connectivity index (χ4v) is 3.29. The number of benzene rings is 2. The van der Waals surface area contributed by atoms with Gasteiger partial charge >= 0.3 is 0 Å². The molecule has 4 heteroatoms. The van der Waals surface area contributed by atoms with Gasteiger partial charge in [0.15, 0.2) is 0 Å². The highest BCUT2D eigenvalue weighted by atomic mass is 79.9. The molecule has 0 aliphatic heterocycles. The van der Waals surface area contributed by atoms with Crippen LogP contribution in [0.15, 0.2) is 51.6 Å². The molecule has 0 aliphatic rings. The molecule has 3 aromatic rings. The third kappa shape index (κ3) is 2.62. The SMILES string of the molecule is Cc1cscc1C(=O)Nc1ccc2cc(Br)ccc2c1. The number of nitrogens with one attached hydrogen (secondary N) is 1. The number of hydrogen-bond acceptors (Lipinski definition) is 2. The Hall–Kier alpha value is -1.65. The molecular formula is C16H12BrNOS. The van der Waals surface area contributed by atoms with E-state index >= 15 is 0 Å². The van der Waals surface area contributed by atoms with E-state index in [1.165, 1.54) is 0 Å². The van der Waals surface area contributed by atoms with Gasteiger partial charge in [-0.05, 0) is 52.9 Å². The molecule has 0 saturated carbocycles. The predicted octanol–water partition coefficient (Wildman–Crippen LogP) is 5.22. The van der Waals surface area contributed by atoms with Gasteiger partial charge in [0.2, 0.25) is 0 Å². The summed E-state index contributed by atoms with van der Waals surface area (Å²) < 4.78 is 1.05. The van der Waals surface area contributed by atoms with Crippen molar-refractivity contribution >= 4 is 49.6 Å². The van der Waals surface area contributed by atoms with Crippen molar-refractivity contribution < 1.29 is 4.79 Å². The Morgan fingerprint density at radius 2 is 1.85 bits per heavy atom. The highest BCUT2D eigenvalue weighted by Crippen LogP contribution is 2.24. The average Bonchev–Trinajstić information content (AvgIpc) is 2.85. The quantitative estimate of drug-likeness (QED) is 0.677. The van der Waals surface area contributed by atoms with E-state index in [1.807, 2.05) is 48.0 Å². The third-order valence-corrected chi connectivity index (χ3v) is 4.52. The Balaban J connectivity index is 1.90. The molecule has 20 heavy (non-hydrogen) atoms. The van der Waals surface area contributed by atoms with Gasteiger partial charge in [-0.15, -0.1) is 0 Å². The van der Waals surface area contributed by atoms with E-state index < -0.39 is 0 Å². The molecule has 1 aromatic heterocycles. The number of hydrogen-bond donors (Lipinski definition) is 1. The van der Waals surface area contributed by atoms with Crippen molar-refractivity contribution in [2.45, 2.75) is 6.92 Å². The maximum absolute atomic E-state index is 12.2. The lowest BCUT2D eigenvalue weighted by Crippen LogP contribution is -2.11. The largest absolute Gasteiger partial charge is 0.322 e. The molecule has 0 atom stereocenters. The Morgan fingerprint density at radius 1 is 1.10 bits per heavy atom.